The Morgan fingerprint density at radius 2 is 2.07 bits per heavy atom. The van der Waals surface area contributed by atoms with Crippen LogP contribution in [0.5, 0.6) is 0 Å². The van der Waals surface area contributed by atoms with Crippen LogP contribution in [0, 0.1) is 0 Å². The molecule has 0 bridgehead atoms. The monoisotopic (exact) mass is 217 g/mol. The van der Waals surface area contributed by atoms with Gasteiger partial charge in [-0.15, -0.1) is 6.58 Å². The molecule has 0 aliphatic rings. The summed E-state index contributed by atoms with van der Waals surface area (Å²) in [6.07, 6.45) is 0.783. The van der Waals surface area contributed by atoms with Gasteiger partial charge in [-0.3, -0.25) is 4.90 Å². The number of methoxy groups -OCH3 is 2. The highest BCUT2D eigenvalue weighted by Crippen LogP contribution is 2.00. The molecule has 5 heteroatoms. The van der Waals surface area contributed by atoms with Gasteiger partial charge in [0.2, 0.25) is 0 Å². The molecular weight excluding hydrogens is 198 g/mol. The average molecular weight is 217 g/mol. The van der Waals surface area contributed by atoms with Crippen molar-refractivity contribution in [3.05, 3.63) is 12.7 Å². The number of carbonyl (C=O) groups excluding carboxylic acids is 1. The highest BCUT2D eigenvalue weighted by Gasteiger charge is 2.18. The summed E-state index contributed by atoms with van der Waals surface area (Å²) >= 11 is 0. The summed E-state index contributed by atoms with van der Waals surface area (Å²) in [5, 5.41) is 0. The Hall–Kier alpha value is -1.07. The molecule has 0 aromatic carbocycles. The molecule has 0 rings (SSSR count). The summed E-state index contributed by atoms with van der Waals surface area (Å²) in [6.45, 7) is 6.40. The molecule has 0 aromatic heterocycles. The minimum atomic E-state index is -0.450. The van der Waals surface area contributed by atoms with Gasteiger partial charge in [-0.1, -0.05) is 6.08 Å². The normalized spacial score (nSPS) is 10.1. The van der Waals surface area contributed by atoms with E-state index in [1.165, 1.54) is 19.1 Å². The minimum Gasteiger partial charge on any atom is -0.450 e. The Balaban J connectivity index is 4.24. The van der Waals surface area contributed by atoms with Crippen molar-refractivity contribution < 1.29 is 19.0 Å². The van der Waals surface area contributed by atoms with Crippen LogP contribution < -0.4 is 0 Å². The largest absolute Gasteiger partial charge is 0.450 e. The molecule has 1 amide bonds. The van der Waals surface area contributed by atoms with Gasteiger partial charge in [0.05, 0.1) is 13.2 Å². The summed E-state index contributed by atoms with van der Waals surface area (Å²) in [7, 11) is 3.04. The molecule has 5 nitrogen and oxygen atoms in total. The van der Waals surface area contributed by atoms with E-state index in [2.05, 4.69) is 6.58 Å². The van der Waals surface area contributed by atoms with E-state index in [1.54, 1.807) is 13.0 Å². The first-order valence-electron chi connectivity index (χ1n) is 4.77. The summed E-state index contributed by atoms with van der Waals surface area (Å²) in [4.78, 5) is 12.9. The molecule has 0 aliphatic heterocycles. The predicted molar refractivity (Wildman–Crippen MR) is 56.6 cm³/mol. The lowest BCUT2D eigenvalue weighted by atomic mass is 10.4. The zero-order valence-electron chi connectivity index (χ0n) is 9.56. The van der Waals surface area contributed by atoms with Crippen molar-refractivity contribution in [1.82, 2.24) is 4.90 Å². The van der Waals surface area contributed by atoms with Gasteiger partial charge in [0.25, 0.3) is 0 Å². The smallest absolute Gasteiger partial charge is 0.410 e. The van der Waals surface area contributed by atoms with Gasteiger partial charge in [0.1, 0.15) is 0 Å². The molecule has 0 atom stereocenters. The first-order chi connectivity index (χ1) is 7.19. The number of carbonyl (C=O) groups is 1. The van der Waals surface area contributed by atoms with Crippen molar-refractivity contribution >= 4 is 6.09 Å². The Bertz CT molecular complexity index is 192. The Kier molecular flexibility index (Phi) is 7.67. The second kappa shape index (κ2) is 8.26. The van der Waals surface area contributed by atoms with Gasteiger partial charge >= 0.3 is 6.09 Å². The number of rotatable bonds is 7. The molecule has 0 fully saturated rings. The Morgan fingerprint density at radius 3 is 2.47 bits per heavy atom. The lowest BCUT2D eigenvalue weighted by Gasteiger charge is -2.24. The van der Waals surface area contributed by atoms with Crippen LogP contribution in [-0.2, 0) is 14.2 Å². The van der Waals surface area contributed by atoms with Gasteiger partial charge < -0.3 is 14.2 Å². The van der Waals surface area contributed by atoms with E-state index in [0.29, 0.717) is 19.7 Å². The van der Waals surface area contributed by atoms with Gasteiger partial charge in [0, 0.05) is 20.8 Å². The van der Waals surface area contributed by atoms with Crippen LogP contribution in [0.3, 0.4) is 0 Å². The second-order valence-corrected chi connectivity index (χ2v) is 2.79. The fourth-order valence-electron chi connectivity index (χ4n) is 1.02. The fourth-order valence-corrected chi connectivity index (χ4v) is 1.02. The summed E-state index contributed by atoms with van der Waals surface area (Å²) in [5.41, 5.74) is 0. The average Bonchev–Trinajstić information content (AvgIpc) is 2.24. The molecule has 0 aliphatic carbocycles. The third kappa shape index (κ3) is 5.39. The minimum absolute atomic E-state index is 0.317. The maximum atomic E-state index is 11.4. The molecule has 15 heavy (non-hydrogen) atoms. The first-order valence-corrected chi connectivity index (χ1v) is 4.77. The van der Waals surface area contributed by atoms with Crippen LogP contribution in [0.1, 0.15) is 6.92 Å². The third-order valence-electron chi connectivity index (χ3n) is 1.77. The lowest BCUT2D eigenvalue weighted by molar-refractivity contribution is -0.112. The van der Waals surface area contributed by atoms with Gasteiger partial charge in [-0.05, 0) is 6.92 Å². The van der Waals surface area contributed by atoms with Crippen molar-refractivity contribution in [2.75, 3.05) is 33.9 Å². The first kappa shape index (κ1) is 13.9. The zero-order valence-corrected chi connectivity index (χ0v) is 9.56. The van der Waals surface area contributed by atoms with Crippen molar-refractivity contribution in [3.63, 3.8) is 0 Å². The number of hydrogen-bond acceptors (Lipinski definition) is 4. The van der Waals surface area contributed by atoms with Crippen LogP contribution in [0.25, 0.3) is 0 Å². The molecule has 0 unspecified atom stereocenters. The quantitative estimate of drug-likeness (QED) is 0.475. The molecule has 0 heterocycles. The van der Waals surface area contributed by atoms with E-state index in [1.807, 2.05) is 0 Å². The Morgan fingerprint density at radius 1 is 1.47 bits per heavy atom. The van der Waals surface area contributed by atoms with E-state index in [4.69, 9.17) is 14.2 Å². The van der Waals surface area contributed by atoms with Gasteiger partial charge in [-0.2, -0.15) is 0 Å². The van der Waals surface area contributed by atoms with Crippen molar-refractivity contribution in [2.45, 2.75) is 13.2 Å². The van der Waals surface area contributed by atoms with Gasteiger partial charge in [-0.25, -0.2) is 4.79 Å². The van der Waals surface area contributed by atoms with Crippen molar-refractivity contribution in [1.29, 1.82) is 0 Å². The third-order valence-corrected chi connectivity index (χ3v) is 1.77. The van der Waals surface area contributed by atoms with Crippen LogP contribution in [-0.4, -0.2) is 51.2 Å². The van der Waals surface area contributed by atoms with E-state index in [-0.39, 0.29) is 0 Å². The van der Waals surface area contributed by atoms with Crippen LogP contribution in [0.4, 0.5) is 4.79 Å². The van der Waals surface area contributed by atoms with Gasteiger partial charge in [0.15, 0.2) is 6.29 Å². The Labute approximate surface area is 90.6 Å². The zero-order chi connectivity index (χ0) is 11.7. The lowest BCUT2D eigenvalue weighted by Crippen LogP contribution is -2.39. The molecule has 0 saturated heterocycles. The van der Waals surface area contributed by atoms with E-state index >= 15 is 0 Å². The molecule has 0 radical (unpaired) electrons. The van der Waals surface area contributed by atoms with E-state index < -0.39 is 12.4 Å². The standard InChI is InChI=1S/C10H19NO4/c1-5-7-11(10(12)15-6-2)8-9(13-3)14-4/h5,9H,1,6-8H2,2-4H3. The van der Waals surface area contributed by atoms with Crippen LogP contribution in [0.2, 0.25) is 0 Å². The van der Waals surface area contributed by atoms with E-state index in [0.717, 1.165) is 0 Å². The second-order valence-electron chi connectivity index (χ2n) is 2.79. The highest BCUT2D eigenvalue weighted by atomic mass is 16.7. The molecular formula is C10H19NO4. The highest BCUT2D eigenvalue weighted by molar-refractivity contribution is 5.67. The predicted octanol–water partition coefficient (Wildman–Crippen LogP) is 1.25. The summed E-state index contributed by atoms with van der Waals surface area (Å²) < 4.78 is 14.9. The fraction of sp³-hybridized carbons (Fsp3) is 0.700. The van der Waals surface area contributed by atoms with Crippen LogP contribution >= 0.6 is 0 Å². The summed E-state index contributed by atoms with van der Waals surface area (Å²) in [5.74, 6) is 0. The maximum absolute atomic E-state index is 11.4. The molecule has 88 valence electrons. The molecule has 0 saturated carbocycles. The molecule has 0 aromatic rings. The van der Waals surface area contributed by atoms with Crippen molar-refractivity contribution in [3.8, 4) is 0 Å². The van der Waals surface area contributed by atoms with Crippen LogP contribution in [0.15, 0.2) is 12.7 Å². The number of nitrogens with zero attached hydrogens (tertiary/aromatic N) is 1. The molecule has 0 N–H and O–H groups in total. The van der Waals surface area contributed by atoms with E-state index in [9.17, 15) is 4.79 Å². The maximum Gasteiger partial charge on any atom is 0.410 e. The number of amides is 1. The number of hydrogen-bond donors (Lipinski definition) is 0. The molecule has 0 spiro atoms. The topological polar surface area (TPSA) is 48.0 Å². The van der Waals surface area contributed by atoms with Crippen molar-refractivity contribution in [2.24, 2.45) is 0 Å². The summed E-state index contributed by atoms with van der Waals surface area (Å²) in [6, 6.07) is 0. The number of ether oxygens (including phenoxy) is 3. The SMILES string of the molecule is C=CCN(CC(OC)OC)C(=O)OCC.